The molecule has 1 N–H and O–H groups in total. The number of aromatic amines is 1. The maximum Gasteiger partial charge on any atom is 0.176 e. The van der Waals surface area contributed by atoms with Crippen LogP contribution in [0.2, 0.25) is 0 Å². The molecular weight excluding hydrogens is 256 g/mol. The highest BCUT2D eigenvalue weighted by Gasteiger charge is 2.34. The molecule has 4 rings (SSSR count). The van der Waals surface area contributed by atoms with Crippen molar-refractivity contribution in [3.63, 3.8) is 0 Å². The molecule has 1 atom stereocenters. The van der Waals surface area contributed by atoms with Gasteiger partial charge in [-0.05, 0) is 17.5 Å². The largest absolute Gasteiger partial charge is 0.343 e. The van der Waals surface area contributed by atoms with Crippen molar-refractivity contribution >= 4 is 22.7 Å². The van der Waals surface area contributed by atoms with Crippen LogP contribution in [0.5, 0.6) is 0 Å². The number of benzene rings is 1. The minimum atomic E-state index is 0.581. The lowest BCUT2D eigenvalue weighted by Gasteiger charge is -2.32. The average Bonchev–Trinajstić information content (AvgIpc) is 3.08. The molecule has 0 aliphatic carbocycles. The minimum Gasteiger partial charge on any atom is -0.343 e. The van der Waals surface area contributed by atoms with E-state index in [0.717, 1.165) is 29.7 Å². The summed E-state index contributed by atoms with van der Waals surface area (Å²) in [6.07, 6.45) is 2.94. The van der Waals surface area contributed by atoms with Crippen LogP contribution in [0.3, 0.4) is 0 Å². The lowest BCUT2D eigenvalue weighted by Crippen LogP contribution is -2.38. The summed E-state index contributed by atoms with van der Waals surface area (Å²) in [5.74, 6) is 1.89. The second kappa shape index (κ2) is 4.42. The summed E-state index contributed by atoms with van der Waals surface area (Å²) in [6.45, 7) is 0.969. The average molecular weight is 270 g/mol. The van der Waals surface area contributed by atoms with Crippen molar-refractivity contribution in [2.75, 3.05) is 5.75 Å². The lowest BCUT2D eigenvalue weighted by molar-refractivity contribution is 0.320. The van der Waals surface area contributed by atoms with Crippen LogP contribution >= 0.6 is 11.8 Å². The zero-order valence-electron chi connectivity index (χ0n) is 10.4. The third kappa shape index (κ3) is 1.94. The lowest BCUT2D eigenvalue weighted by atomic mass is 9.95. The van der Waals surface area contributed by atoms with Crippen molar-refractivity contribution in [1.29, 1.82) is 0 Å². The van der Waals surface area contributed by atoms with Crippen molar-refractivity contribution in [2.45, 2.75) is 19.0 Å². The summed E-state index contributed by atoms with van der Waals surface area (Å²) in [6, 6.07) is 11.2. The Bertz CT molecular complexity index is 620. The molecule has 0 bridgehead atoms. The van der Waals surface area contributed by atoms with E-state index in [4.69, 9.17) is 0 Å². The van der Waals surface area contributed by atoms with Crippen LogP contribution in [0.1, 0.15) is 11.1 Å². The molecule has 0 amide bonds. The predicted octanol–water partition coefficient (Wildman–Crippen LogP) is 2.57. The Balaban J connectivity index is 1.66. The van der Waals surface area contributed by atoms with Gasteiger partial charge in [0.05, 0.1) is 0 Å². The Labute approximate surface area is 115 Å². The predicted molar refractivity (Wildman–Crippen MR) is 77.6 cm³/mol. The Kier molecular flexibility index (Phi) is 2.58. The van der Waals surface area contributed by atoms with E-state index in [1.165, 1.54) is 11.1 Å². The van der Waals surface area contributed by atoms with Gasteiger partial charge in [-0.15, -0.1) is 0 Å². The molecule has 0 spiro atoms. The van der Waals surface area contributed by atoms with E-state index in [0.29, 0.717) is 6.04 Å². The van der Waals surface area contributed by atoms with Gasteiger partial charge < -0.3 is 4.90 Å². The molecule has 1 saturated heterocycles. The van der Waals surface area contributed by atoms with Gasteiger partial charge in [-0.3, -0.25) is 5.10 Å². The molecule has 0 saturated carbocycles. The Morgan fingerprint density at radius 2 is 2.16 bits per heavy atom. The van der Waals surface area contributed by atoms with E-state index in [1.807, 2.05) is 24.0 Å². The van der Waals surface area contributed by atoms with Crippen molar-refractivity contribution < 1.29 is 0 Å². The summed E-state index contributed by atoms with van der Waals surface area (Å²) < 4.78 is 0. The van der Waals surface area contributed by atoms with Gasteiger partial charge >= 0.3 is 0 Å². The number of nitrogens with zero attached hydrogens (tertiary/aromatic N) is 3. The number of amidine groups is 1. The number of nitrogens with one attached hydrogen (secondary N) is 1. The van der Waals surface area contributed by atoms with E-state index in [9.17, 15) is 0 Å². The Morgan fingerprint density at radius 1 is 1.26 bits per heavy atom. The Hall–Kier alpha value is -1.75. The van der Waals surface area contributed by atoms with Gasteiger partial charge in [0.1, 0.15) is 0 Å². The summed E-state index contributed by atoms with van der Waals surface area (Å²) in [5.41, 5.74) is 2.92. The van der Waals surface area contributed by atoms with E-state index in [1.54, 1.807) is 0 Å². The molecular formula is C14H14N4S. The van der Waals surface area contributed by atoms with E-state index in [2.05, 4.69) is 44.4 Å². The molecule has 4 nitrogen and oxygen atoms in total. The summed E-state index contributed by atoms with van der Waals surface area (Å²) >= 11 is 1.84. The number of thioether (sulfide) groups is 1. The molecule has 1 aromatic heterocycles. The summed E-state index contributed by atoms with van der Waals surface area (Å²) in [7, 11) is 0. The SMILES string of the molecule is c1ccc2c(c1)C[C@H]1CS/C(=N\c3cc[nH]n3)N1C2. The van der Waals surface area contributed by atoms with Crippen LogP contribution in [0.15, 0.2) is 41.5 Å². The number of H-pyrrole nitrogens is 1. The number of aromatic nitrogens is 2. The zero-order valence-corrected chi connectivity index (χ0v) is 11.2. The van der Waals surface area contributed by atoms with Gasteiger partial charge in [0.15, 0.2) is 11.0 Å². The zero-order chi connectivity index (χ0) is 12.7. The van der Waals surface area contributed by atoms with E-state index in [-0.39, 0.29) is 0 Å². The second-order valence-electron chi connectivity index (χ2n) is 4.89. The topological polar surface area (TPSA) is 44.3 Å². The number of fused-ring (bicyclic) bond motifs is 2. The molecule has 96 valence electrons. The van der Waals surface area contributed by atoms with Crippen molar-refractivity contribution in [2.24, 2.45) is 4.99 Å². The van der Waals surface area contributed by atoms with Gasteiger partial charge in [-0.1, -0.05) is 36.0 Å². The third-order valence-electron chi connectivity index (χ3n) is 3.70. The molecule has 1 aromatic carbocycles. The van der Waals surface area contributed by atoms with E-state index < -0.39 is 0 Å². The highest BCUT2D eigenvalue weighted by Crippen LogP contribution is 2.34. The molecule has 2 aliphatic heterocycles. The Morgan fingerprint density at radius 3 is 3.00 bits per heavy atom. The first-order chi connectivity index (χ1) is 9.40. The van der Waals surface area contributed by atoms with Crippen LogP contribution in [-0.4, -0.2) is 32.1 Å². The molecule has 0 unspecified atom stereocenters. The monoisotopic (exact) mass is 270 g/mol. The van der Waals surface area contributed by atoms with Gasteiger partial charge in [0, 0.05) is 30.6 Å². The summed E-state index contributed by atoms with van der Waals surface area (Å²) in [5, 5.41) is 8.02. The number of rotatable bonds is 1. The minimum absolute atomic E-state index is 0.581. The first kappa shape index (κ1) is 11.1. The highest BCUT2D eigenvalue weighted by molar-refractivity contribution is 8.14. The summed E-state index contributed by atoms with van der Waals surface area (Å²) in [4.78, 5) is 7.06. The van der Waals surface area contributed by atoms with Crippen LogP contribution in [0.4, 0.5) is 5.82 Å². The smallest absolute Gasteiger partial charge is 0.176 e. The fourth-order valence-electron chi connectivity index (χ4n) is 2.72. The van der Waals surface area contributed by atoms with Gasteiger partial charge in [-0.2, -0.15) is 5.10 Å². The second-order valence-corrected chi connectivity index (χ2v) is 5.88. The van der Waals surface area contributed by atoms with Crippen LogP contribution in [-0.2, 0) is 13.0 Å². The van der Waals surface area contributed by atoms with Crippen molar-refractivity contribution in [3.8, 4) is 0 Å². The quantitative estimate of drug-likeness (QED) is 0.866. The number of aliphatic imine (C=N–C) groups is 1. The van der Waals surface area contributed by atoms with Crippen LogP contribution in [0.25, 0.3) is 0 Å². The molecule has 2 aliphatic rings. The fraction of sp³-hybridized carbons (Fsp3) is 0.286. The maximum absolute atomic E-state index is 4.64. The van der Waals surface area contributed by atoms with Gasteiger partial charge in [0.2, 0.25) is 0 Å². The van der Waals surface area contributed by atoms with Crippen molar-refractivity contribution in [3.05, 3.63) is 47.7 Å². The van der Waals surface area contributed by atoms with Gasteiger partial charge in [0.25, 0.3) is 0 Å². The molecule has 2 aromatic rings. The van der Waals surface area contributed by atoms with E-state index >= 15 is 0 Å². The van der Waals surface area contributed by atoms with Gasteiger partial charge in [-0.25, -0.2) is 4.99 Å². The van der Waals surface area contributed by atoms with Crippen molar-refractivity contribution in [1.82, 2.24) is 15.1 Å². The molecule has 3 heterocycles. The molecule has 19 heavy (non-hydrogen) atoms. The normalized spacial score (nSPS) is 23.5. The first-order valence-electron chi connectivity index (χ1n) is 6.45. The fourth-order valence-corrected chi connectivity index (χ4v) is 3.90. The van der Waals surface area contributed by atoms with Crippen LogP contribution < -0.4 is 0 Å². The molecule has 5 heteroatoms. The first-order valence-corrected chi connectivity index (χ1v) is 7.43. The highest BCUT2D eigenvalue weighted by atomic mass is 32.2. The standard InChI is InChI=1S/C14H14N4S/c1-2-4-11-8-18-12(7-10(11)3-1)9-19-14(18)16-13-5-6-15-17-13/h1-6,12H,7-9H2,(H,15,17)/b16-14-/t12-/m0/s1. The van der Waals surface area contributed by atoms with Crippen LogP contribution in [0, 0.1) is 0 Å². The number of hydrogen-bond acceptors (Lipinski definition) is 3. The number of hydrogen-bond donors (Lipinski definition) is 1. The third-order valence-corrected chi connectivity index (χ3v) is 4.84. The maximum atomic E-state index is 4.64. The molecule has 0 radical (unpaired) electrons. The molecule has 1 fully saturated rings.